The van der Waals surface area contributed by atoms with E-state index in [0.29, 0.717) is 18.1 Å². The maximum absolute atomic E-state index is 14.6. The molecule has 0 amide bonds. The summed E-state index contributed by atoms with van der Waals surface area (Å²) in [5.41, 5.74) is 3.48. The first-order chi connectivity index (χ1) is 17.6. The highest BCUT2D eigenvalue weighted by Gasteiger charge is 2.27. The Kier molecular flexibility index (Phi) is 10.0. The van der Waals surface area contributed by atoms with Crippen molar-refractivity contribution in [2.24, 2.45) is 11.8 Å². The number of benzene rings is 2. The molecule has 196 valence electrons. The first kappa shape index (κ1) is 26.9. The minimum absolute atomic E-state index is 0.0196. The van der Waals surface area contributed by atoms with Crippen molar-refractivity contribution in [1.29, 1.82) is 0 Å². The second-order valence-electron chi connectivity index (χ2n) is 11.1. The molecule has 2 aliphatic rings. The summed E-state index contributed by atoms with van der Waals surface area (Å²) in [5, 5.41) is 0. The summed E-state index contributed by atoms with van der Waals surface area (Å²) in [7, 11) is 0. The van der Waals surface area contributed by atoms with E-state index in [1.807, 2.05) is 0 Å². The van der Waals surface area contributed by atoms with Crippen LogP contribution in [0.25, 0.3) is 0 Å². The van der Waals surface area contributed by atoms with Crippen molar-refractivity contribution in [1.82, 2.24) is 0 Å². The molecule has 2 fully saturated rings. The van der Waals surface area contributed by atoms with E-state index >= 15 is 0 Å². The Morgan fingerprint density at radius 1 is 0.778 bits per heavy atom. The average molecular weight is 495 g/mol. The molecule has 2 saturated carbocycles. The molecule has 2 aromatic carbocycles. The molecular weight excluding hydrogens is 450 g/mol. The van der Waals surface area contributed by atoms with Crippen molar-refractivity contribution < 1.29 is 13.5 Å². The molecular formula is C33H44F2O. The van der Waals surface area contributed by atoms with Crippen LogP contribution < -0.4 is 4.74 Å². The van der Waals surface area contributed by atoms with Crippen LogP contribution in [0.4, 0.5) is 8.78 Å². The molecule has 0 saturated heterocycles. The molecule has 0 spiro atoms. The Morgan fingerprint density at radius 2 is 1.42 bits per heavy atom. The van der Waals surface area contributed by atoms with Crippen LogP contribution in [0, 0.1) is 23.5 Å². The van der Waals surface area contributed by atoms with Gasteiger partial charge in [0.2, 0.25) is 5.82 Å². The summed E-state index contributed by atoms with van der Waals surface area (Å²) < 4.78 is 34.1. The molecule has 36 heavy (non-hydrogen) atoms. The first-order valence-corrected chi connectivity index (χ1v) is 14.4. The van der Waals surface area contributed by atoms with Crippen molar-refractivity contribution in [3.05, 3.63) is 76.9 Å². The summed E-state index contributed by atoms with van der Waals surface area (Å²) in [4.78, 5) is 0. The smallest absolute Gasteiger partial charge is 0.200 e. The van der Waals surface area contributed by atoms with Crippen LogP contribution in [0.2, 0.25) is 0 Å². The van der Waals surface area contributed by atoms with E-state index in [1.165, 1.54) is 56.1 Å². The molecule has 3 heteroatoms. The van der Waals surface area contributed by atoms with Gasteiger partial charge in [0, 0.05) is 0 Å². The summed E-state index contributed by atoms with van der Waals surface area (Å²) >= 11 is 0. The molecule has 0 aromatic heterocycles. The fraction of sp³-hybridized carbons (Fsp3) is 0.576. The van der Waals surface area contributed by atoms with Crippen LogP contribution in [0.3, 0.4) is 0 Å². The standard InChI is InChI=1S/C33H44F2O/c1-3-5-6-7-24-10-16-27(17-11-24)28-18-12-25(13-19-28)8-9-26-14-20-29(21-15-26)30-22-23-31(36-4-2)33(35)32(30)34/h3,5,12-13,18-19,22-24,26-27,29H,4,6-11,14-17,20-21H2,1-2H3/b5-3+. The quantitative estimate of drug-likeness (QED) is 0.299. The van der Waals surface area contributed by atoms with Gasteiger partial charge in [-0.05, 0) is 137 Å². The van der Waals surface area contributed by atoms with Crippen molar-refractivity contribution in [3.63, 3.8) is 0 Å². The van der Waals surface area contributed by atoms with Gasteiger partial charge in [-0.25, -0.2) is 4.39 Å². The average Bonchev–Trinajstić information content (AvgIpc) is 2.92. The Morgan fingerprint density at radius 3 is 2.06 bits per heavy atom. The maximum Gasteiger partial charge on any atom is 0.200 e. The lowest BCUT2D eigenvalue weighted by molar-refractivity contribution is 0.297. The van der Waals surface area contributed by atoms with Crippen LogP contribution in [0.5, 0.6) is 5.75 Å². The molecule has 0 bridgehead atoms. The summed E-state index contributed by atoms with van der Waals surface area (Å²) in [5.74, 6) is 0.908. The topological polar surface area (TPSA) is 9.23 Å². The summed E-state index contributed by atoms with van der Waals surface area (Å²) in [6, 6.07) is 12.8. The van der Waals surface area contributed by atoms with Gasteiger partial charge in [0.25, 0.3) is 0 Å². The Bertz CT molecular complexity index is 964. The first-order valence-electron chi connectivity index (χ1n) is 14.4. The maximum atomic E-state index is 14.6. The van der Waals surface area contributed by atoms with Gasteiger partial charge in [0.1, 0.15) is 0 Å². The van der Waals surface area contributed by atoms with Crippen molar-refractivity contribution in [2.45, 2.75) is 103 Å². The molecule has 0 atom stereocenters. The third kappa shape index (κ3) is 6.99. The zero-order valence-electron chi connectivity index (χ0n) is 22.3. The van der Waals surface area contributed by atoms with E-state index in [-0.39, 0.29) is 11.7 Å². The molecule has 2 aliphatic carbocycles. The number of hydrogen-bond donors (Lipinski definition) is 0. The van der Waals surface area contributed by atoms with Crippen molar-refractivity contribution >= 4 is 0 Å². The number of hydrogen-bond acceptors (Lipinski definition) is 1. The van der Waals surface area contributed by atoms with Crippen LogP contribution >= 0.6 is 0 Å². The molecule has 4 rings (SSSR count). The van der Waals surface area contributed by atoms with E-state index < -0.39 is 11.6 Å². The minimum atomic E-state index is -0.836. The van der Waals surface area contributed by atoms with Gasteiger partial charge in [-0.3, -0.25) is 0 Å². The van der Waals surface area contributed by atoms with Gasteiger partial charge >= 0.3 is 0 Å². The molecule has 1 nitrogen and oxygen atoms in total. The minimum Gasteiger partial charge on any atom is -0.491 e. The molecule has 0 unspecified atom stereocenters. The predicted octanol–water partition coefficient (Wildman–Crippen LogP) is 9.90. The second kappa shape index (κ2) is 13.4. The summed E-state index contributed by atoms with van der Waals surface area (Å²) in [6.45, 7) is 4.23. The van der Waals surface area contributed by atoms with E-state index in [9.17, 15) is 8.78 Å². The highest BCUT2D eigenvalue weighted by molar-refractivity contribution is 5.33. The normalized spacial score (nSPS) is 24.8. The van der Waals surface area contributed by atoms with Crippen LogP contribution in [0.1, 0.15) is 113 Å². The van der Waals surface area contributed by atoms with Crippen molar-refractivity contribution in [2.75, 3.05) is 6.61 Å². The third-order valence-corrected chi connectivity index (χ3v) is 8.78. The number of aryl methyl sites for hydroxylation is 1. The van der Waals surface area contributed by atoms with Gasteiger partial charge in [0.05, 0.1) is 6.61 Å². The van der Waals surface area contributed by atoms with Gasteiger partial charge in [-0.15, -0.1) is 0 Å². The lowest BCUT2D eigenvalue weighted by atomic mass is 9.76. The summed E-state index contributed by atoms with van der Waals surface area (Å²) in [6.07, 6.45) is 18.8. The molecule has 0 N–H and O–H groups in total. The van der Waals surface area contributed by atoms with Gasteiger partial charge < -0.3 is 4.74 Å². The largest absolute Gasteiger partial charge is 0.491 e. The Hall–Kier alpha value is -2.16. The zero-order chi connectivity index (χ0) is 25.3. The van der Waals surface area contributed by atoms with Gasteiger partial charge in [0.15, 0.2) is 11.6 Å². The Labute approximate surface area is 217 Å². The number of allylic oxidation sites excluding steroid dienone is 2. The molecule has 0 aliphatic heterocycles. The van der Waals surface area contributed by atoms with Crippen LogP contribution in [-0.4, -0.2) is 6.61 Å². The number of ether oxygens (including phenoxy) is 1. The number of rotatable bonds is 10. The zero-order valence-corrected chi connectivity index (χ0v) is 22.3. The Balaban J connectivity index is 1.20. The number of halogens is 2. The van der Waals surface area contributed by atoms with Crippen molar-refractivity contribution in [3.8, 4) is 5.75 Å². The molecule has 0 heterocycles. The second-order valence-corrected chi connectivity index (χ2v) is 11.1. The highest BCUT2D eigenvalue weighted by Crippen LogP contribution is 2.40. The third-order valence-electron chi connectivity index (χ3n) is 8.78. The van der Waals surface area contributed by atoms with Gasteiger partial charge in [-0.2, -0.15) is 4.39 Å². The SMILES string of the molecule is C/C=C/CCC1CCC(c2ccc(CCC3CCC(c4ccc(OCC)c(F)c4F)CC3)cc2)CC1. The van der Waals surface area contributed by atoms with E-state index in [2.05, 4.69) is 43.3 Å². The lowest BCUT2D eigenvalue weighted by Gasteiger charge is -2.29. The molecule has 2 aromatic rings. The fourth-order valence-corrected chi connectivity index (χ4v) is 6.50. The highest BCUT2D eigenvalue weighted by atomic mass is 19.2. The van der Waals surface area contributed by atoms with Crippen LogP contribution in [0.15, 0.2) is 48.6 Å². The predicted molar refractivity (Wildman–Crippen MR) is 146 cm³/mol. The van der Waals surface area contributed by atoms with E-state index in [4.69, 9.17) is 4.74 Å². The monoisotopic (exact) mass is 494 g/mol. The lowest BCUT2D eigenvalue weighted by Crippen LogP contribution is -2.16. The molecule has 0 radical (unpaired) electrons. The van der Waals surface area contributed by atoms with E-state index in [1.54, 1.807) is 19.1 Å². The van der Waals surface area contributed by atoms with Crippen LogP contribution in [-0.2, 0) is 6.42 Å². The van der Waals surface area contributed by atoms with E-state index in [0.717, 1.165) is 43.9 Å². The fourth-order valence-electron chi connectivity index (χ4n) is 6.50. The van der Waals surface area contributed by atoms with Gasteiger partial charge in [-0.1, -0.05) is 42.5 Å².